The molecule has 1 heterocycles. The summed E-state index contributed by atoms with van der Waals surface area (Å²) < 4.78 is 31.4. The summed E-state index contributed by atoms with van der Waals surface area (Å²) in [6, 6.07) is 0. The van der Waals surface area contributed by atoms with Crippen molar-refractivity contribution in [2.24, 2.45) is 0 Å². The van der Waals surface area contributed by atoms with Gasteiger partial charge < -0.3 is 4.74 Å². The number of halogens is 3. The predicted molar refractivity (Wildman–Crippen MR) is 55.9 cm³/mol. The monoisotopic (exact) mass is 282 g/mol. The largest absolute Gasteiger partial charge is 0.372 e. The highest BCUT2D eigenvalue weighted by molar-refractivity contribution is 9.10. The molecule has 3 nitrogen and oxygen atoms in total. The minimum absolute atomic E-state index is 0.0946. The van der Waals surface area contributed by atoms with E-state index in [1.165, 1.54) is 10.9 Å². The van der Waals surface area contributed by atoms with E-state index in [9.17, 15) is 8.78 Å². The van der Waals surface area contributed by atoms with E-state index in [0.29, 0.717) is 16.8 Å². The third-order valence-electron chi connectivity index (χ3n) is 1.67. The van der Waals surface area contributed by atoms with E-state index in [1.54, 1.807) is 0 Å². The number of nitrogens with zero attached hydrogens (tertiary/aromatic N) is 2. The fourth-order valence-electron chi connectivity index (χ4n) is 1.02. The first kappa shape index (κ1) is 12.6. The highest BCUT2D eigenvalue weighted by atomic mass is 79.9. The van der Waals surface area contributed by atoms with Crippen molar-refractivity contribution in [1.82, 2.24) is 9.78 Å². The van der Waals surface area contributed by atoms with Crippen molar-refractivity contribution in [3.8, 4) is 0 Å². The van der Waals surface area contributed by atoms with Gasteiger partial charge in [-0.1, -0.05) is 0 Å². The number of alkyl halides is 2. The van der Waals surface area contributed by atoms with Crippen molar-refractivity contribution in [3.63, 3.8) is 0 Å². The van der Waals surface area contributed by atoms with Crippen LogP contribution in [0.2, 0.25) is 0 Å². The lowest BCUT2D eigenvalue weighted by Gasteiger charge is -2.05. The molecule has 0 atom stereocenters. The fraction of sp³-hybridized carbons (Fsp3) is 0.667. The van der Waals surface area contributed by atoms with Crippen LogP contribution in [0.5, 0.6) is 0 Å². The number of aromatic nitrogens is 2. The van der Waals surface area contributed by atoms with Crippen LogP contribution in [-0.4, -0.2) is 22.3 Å². The van der Waals surface area contributed by atoms with E-state index in [1.807, 2.05) is 13.8 Å². The highest BCUT2D eigenvalue weighted by Crippen LogP contribution is 2.17. The maximum absolute atomic E-state index is 12.1. The molecular formula is C9H13BrF2N2O. The lowest BCUT2D eigenvalue weighted by Crippen LogP contribution is -2.08. The van der Waals surface area contributed by atoms with Gasteiger partial charge in [-0.2, -0.15) is 5.10 Å². The lowest BCUT2D eigenvalue weighted by atomic mass is 10.4. The molecule has 0 amide bonds. The highest BCUT2D eigenvalue weighted by Gasteiger charge is 2.10. The normalized spacial score (nSPS) is 11.7. The second-order valence-corrected chi connectivity index (χ2v) is 4.25. The predicted octanol–water partition coefficient (Wildman–Crippen LogP) is 2.84. The van der Waals surface area contributed by atoms with Crippen LogP contribution in [0.4, 0.5) is 8.78 Å². The van der Waals surface area contributed by atoms with Crippen LogP contribution >= 0.6 is 15.9 Å². The van der Waals surface area contributed by atoms with Gasteiger partial charge in [-0.15, -0.1) is 0 Å². The van der Waals surface area contributed by atoms with Gasteiger partial charge in [0.15, 0.2) is 0 Å². The Labute approximate surface area is 95.5 Å². The zero-order chi connectivity index (χ0) is 11.4. The fourth-order valence-corrected chi connectivity index (χ4v) is 1.45. The molecule has 1 aromatic rings. The zero-order valence-electron chi connectivity index (χ0n) is 8.58. The molecule has 0 unspecified atom stereocenters. The molecule has 1 aromatic heterocycles. The van der Waals surface area contributed by atoms with E-state index >= 15 is 0 Å². The second-order valence-electron chi connectivity index (χ2n) is 3.40. The third kappa shape index (κ3) is 4.25. The molecule has 0 saturated heterocycles. The van der Waals surface area contributed by atoms with Gasteiger partial charge in [0.2, 0.25) is 0 Å². The Bertz CT molecular complexity index is 315. The average molecular weight is 283 g/mol. The zero-order valence-corrected chi connectivity index (χ0v) is 10.2. The minimum Gasteiger partial charge on any atom is -0.372 e. The van der Waals surface area contributed by atoms with Gasteiger partial charge in [-0.05, 0) is 29.8 Å². The second kappa shape index (κ2) is 5.55. The van der Waals surface area contributed by atoms with Crippen LogP contribution in [0, 0.1) is 0 Å². The molecule has 0 N–H and O–H groups in total. The van der Waals surface area contributed by atoms with Crippen molar-refractivity contribution in [2.75, 3.05) is 0 Å². The smallest absolute Gasteiger partial charge is 0.257 e. The summed E-state index contributed by atoms with van der Waals surface area (Å²) in [5.41, 5.74) is 0.643. The molecule has 0 aliphatic heterocycles. The molecule has 0 saturated carbocycles. The van der Waals surface area contributed by atoms with Gasteiger partial charge in [0.1, 0.15) is 12.2 Å². The molecular weight excluding hydrogens is 270 g/mol. The Morgan fingerprint density at radius 1 is 1.53 bits per heavy atom. The minimum atomic E-state index is -2.39. The number of rotatable bonds is 5. The first-order valence-corrected chi connectivity index (χ1v) is 5.40. The Hall–Kier alpha value is -0.490. The Morgan fingerprint density at radius 2 is 2.20 bits per heavy atom. The van der Waals surface area contributed by atoms with Crippen molar-refractivity contribution in [1.29, 1.82) is 0 Å². The summed E-state index contributed by atoms with van der Waals surface area (Å²) in [5, 5.41) is 3.99. The van der Waals surface area contributed by atoms with Gasteiger partial charge in [0, 0.05) is 6.20 Å². The maximum Gasteiger partial charge on any atom is 0.257 e. The molecule has 0 fully saturated rings. The van der Waals surface area contributed by atoms with Crippen LogP contribution < -0.4 is 0 Å². The van der Waals surface area contributed by atoms with Crippen LogP contribution in [0.25, 0.3) is 0 Å². The maximum atomic E-state index is 12.1. The molecule has 86 valence electrons. The molecule has 0 aliphatic carbocycles. The van der Waals surface area contributed by atoms with Crippen LogP contribution in [0.1, 0.15) is 19.5 Å². The quantitative estimate of drug-likeness (QED) is 0.830. The SMILES string of the molecule is CC(C)OCc1nn(CC(F)F)cc1Br. The van der Waals surface area contributed by atoms with Crippen molar-refractivity contribution in [2.45, 2.75) is 39.5 Å². The van der Waals surface area contributed by atoms with E-state index in [0.717, 1.165) is 0 Å². The van der Waals surface area contributed by atoms with Crippen LogP contribution in [-0.2, 0) is 17.9 Å². The molecule has 6 heteroatoms. The first-order valence-electron chi connectivity index (χ1n) is 4.60. The number of hydrogen-bond acceptors (Lipinski definition) is 2. The molecule has 1 rings (SSSR count). The summed E-state index contributed by atoms with van der Waals surface area (Å²) in [6.07, 6.45) is -0.765. The summed E-state index contributed by atoms with van der Waals surface area (Å²) >= 11 is 3.25. The van der Waals surface area contributed by atoms with Crippen molar-refractivity contribution >= 4 is 15.9 Å². The van der Waals surface area contributed by atoms with Gasteiger partial charge in [-0.25, -0.2) is 8.78 Å². The first-order chi connectivity index (χ1) is 6.99. The Kier molecular flexibility index (Phi) is 4.66. The van der Waals surface area contributed by atoms with Gasteiger partial charge >= 0.3 is 0 Å². The van der Waals surface area contributed by atoms with Crippen molar-refractivity contribution in [3.05, 3.63) is 16.4 Å². The molecule has 15 heavy (non-hydrogen) atoms. The Morgan fingerprint density at radius 3 is 2.73 bits per heavy atom. The van der Waals surface area contributed by atoms with E-state index in [4.69, 9.17) is 4.74 Å². The summed E-state index contributed by atoms with van der Waals surface area (Å²) in [7, 11) is 0. The lowest BCUT2D eigenvalue weighted by molar-refractivity contribution is 0.0623. The molecule has 0 aliphatic rings. The van der Waals surface area contributed by atoms with Crippen molar-refractivity contribution < 1.29 is 13.5 Å². The van der Waals surface area contributed by atoms with Crippen LogP contribution in [0.3, 0.4) is 0 Å². The standard InChI is InChI=1S/C9H13BrF2N2O/c1-6(2)15-5-8-7(10)3-14(13-8)4-9(11)12/h3,6,9H,4-5H2,1-2H3. The number of ether oxygens (including phenoxy) is 1. The van der Waals surface area contributed by atoms with E-state index < -0.39 is 6.43 Å². The topological polar surface area (TPSA) is 27.1 Å². The van der Waals surface area contributed by atoms with Gasteiger partial charge in [0.25, 0.3) is 6.43 Å². The summed E-state index contributed by atoms with van der Waals surface area (Å²) in [6.45, 7) is 3.75. The van der Waals surface area contributed by atoms with Gasteiger partial charge in [-0.3, -0.25) is 4.68 Å². The molecule has 0 bridgehead atoms. The summed E-state index contributed by atoms with van der Waals surface area (Å²) in [4.78, 5) is 0. The molecule has 0 radical (unpaired) electrons. The summed E-state index contributed by atoms with van der Waals surface area (Å²) in [5.74, 6) is 0. The average Bonchev–Trinajstić information content (AvgIpc) is 2.41. The van der Waals surface area contributed by atoms with E-state index in [2.05, 4.69) is 21.0 Å². The number of hydrogen-bond donors (Lipinski definition) is 0. The Balaban J connectivity index is 2.60. The molecule has 0 spiro atoms. The van der Waals surface area contributed by atoms with E-state index in [-0.39, 0.29) is 12.6 Å². The van der Waals surface area contributed by atoms with Gasteiger partial charge in [0.05, 0.1) is 17.2 Å². The van der Waals surface area contributed by atoms with Crippen LogP contribution in [0.15, 0.2) is 10.7 Å². The molecule has 0 aromatic carbocycles. The third-order valence-corrected chi connectivity index (χ3v) is 2.33.